The van der Waals surface area contributed by atoms with E-state index in [4.69, 9.17) is 9.68 Å². The van der Waals surface area contributed by atoms with Gasteiger partial charge in [0.15, 0.2) is 0 Å². The lowest BCUT2D eigenvalue weighted by Crippen LogP contribution is -2.53. The van der Waals surface area contributed by atoms with Crippen molar-refractivity contribution in [1.29, 1.82) is 0 Å². The molecule has 1 amide bonds. The van der Waals surface area contributed by atoms with Crippen LogP contribution in [0, 0.1) is 0 Å². The first kappa shape index (κ1) is 16.4. The highest BCUT2D eigenvalue weighted by Crippen LogP contribution is 2.08. The summed E-state index contributed by atoms with van der Waals surface area (Å²) in [5, 5.41) is 3.20. The van der Waals surface area contributed by atoms with Gasteiger partial charge in [0.2, 0.25) is 0 Å². The summed E-state index contributed by atoms with van der Waals surface area (Å²) in [5.74, 6) is -0.0844. The summed E-state index contributed by atoms with van der Waals surface area (Å²) in [7, 11) is 0. The van der Waals surface area contributed by atoms with Gasteiger partial charge in [0.05, 0.1) is 19.3 Å². The lowest BCUT2D eigenvalue weighted by Gasteiger charge is -2.29. The average Bonchev–Trinajstić information content (AvgIpc) is 2.44. The Labute approximate surface area is 115 Å². The molecule has 0 unspecified atom stereocenters. The molecule has 1 saturated heterocycles. The van der Waals surface area contributed by atoms with Crippen LogP contribution >= 0.6 is 0 Å². The highest BCUT2D eigenvalue weighted by Gasteiger charge is 2.25. The molecule has 112 valence electrons. The third-order valence-corrected chi connectivity index (χ3v) is 3.06. The van der Waals surface area contributed by atoms with Crippen LogP contribution in [0.2, 0.25) is 0 Å². The van der Waals surface area contributed by atoms with Gasteiger partial charge in [-0.1, -0.05) is 20.3 Å². The summed E-state index contributed by atoms with van der Waals surface area (Å²) in [6.45, 7) is 6.16. The monoisotopic (exact) mass is 273 g/mol. The van der Waals surface area contributed by atoms with Crippen molar-refractivity contribution < 1.29 is 14.5 Å². The van der Waals surface area contributed by atoms with E-state index in [9.17, 15) is 4.79 Å². The van der Waals surface area contributed by atoms with Gasteiger partial charge < -0.3 is 10.2 Å². The lowest BCUT2D eigenvalue weighted by atomic mass is 10.0. The predicted molar refractivity (Wildman–Crippen MR) is 73.2 cm³/mol. The average molecular weight is 273 g/mol. The van der Waals surface area contributed by atoms with E-state index in [2.05, 4.69) is 23.2 Å². The molecule has 1 heterocycles. The van der Waals surface area contributed by atoms with Gasteiger partial charge in [-0.25, -0.2) is 5.48 Å². The molecule has 1 rings (SSSR count). The quantitative estimate of drug-likeness (QED) is 0.430. The topological polar surface area (TPSA) is 71.6 Å². The molecular weight excluding hydrogens is 246 g/mol. The van der Waals surface area contributed by atoms with Crippen LogP contribution in [0.3, 0.4) is 0 Å². The zero-order valence-corrected chi connectivity index (χ0v) is 12.0. The van der Waals surface area contributed by atoms with E-state index in [-0.39, 0.29) is 18.0 Å². The molecule has 2 atom stereocenters. The third-order valence-electron chi connectivity index (χ3n) is 3.06. The van der Waals surface area contributed by atoms with Crippen LogP contribution in [-0.2, 0) is 14.5 Å². The molecule has 0 aromatic heterocycles. The molecule has 19 heavy (non-hydrogen) atoms. The Morgan fingerprint density at radius 1 is 1.21 bits per heavy atom. The van der Waals surface area contributed by atoms with E-state index < -0.39 is 0 Å². The van der Waals surface area contributed by atoms with E-state index in [0.717, 1.165) is 45.3 Å². The minimum absolute atomic E-state index is 0.0844. The summed E-state index contributed by atoms with van der Waals surface area (Å²) >= 11 is 0. The molecule has 1 aliphatic heterocycles. The third kappa shape index (κ3) is 6.87. The number of amides is 1. The Balaban J connectivity index is 2.09. The van der Waals surface area contributed by atoms with Crippen molar-refractivity contribution in [3.05, 3.63) is 0 Å². The molecular formula is C13H27N3O3. The maximum atomic E-state index is 11.7. The van der Waals surface area contributed by atoms with Crippen molar-refractivity contribution in [3.63, 3.8) is 0 Å². The summed E-state index contributed by atoms with van der Waals surface area (Å²) in [5.41, 5.74) is 5.52. The highest BCUT2D eigenvalue weighted by molar-refractivity contribution is 5.80. The largest absolute Gasteiger partial charge is 0.304 e. The number of hydrogen-bond acceptors (Lipinski definition) is 5. The summed E-state index contributed by atoms with van der Waals surface area (Å²) in [4.78, 5) is 22.1. The number of unbranched alkanes of at least 4 members (excludes halogenated alkanes) is 1. The zero-order valence-electron chi connectivity index (χ0n) is 12.0. The second kappa shape index (κ2) is 10.1. The van der Waals surface area contributed by atoms with Crippen molar-refractivity contribution in [1.82, 2.24) is 16.3 Å². The first-order chi connectivity index (χ1) is 9.27. The second-order valence-corrected chi connectivity index (χ2v) is 4.87. The van der Waals surface area contributed by atoms with Crippen molar-refractivity contribution in [2.24, 2.45) is 0 Å². The molecule has 1 fully saturated rings. The summed E-state index contributed by atoms with van der Waals surface area (Å²) in [6, 6.07) is 0.114. The minimum atomic E-state index is -0.162. The van der Waals surface area contributed by atoms with E-state index in [0.29, 0.717) is 6.61 Å². The second-order valence-electron chi connectivity index (χ2n) is 4.87. The van der Waals surface area contributed by atoms with Crippen molar-refractivity contribution in [3.8, 4) is 0 Å². The van der Waals surface area contributed by atoms with E-state index in [1.165, 1.54) is 0 Å². The van der Waals surface area contributed by atoms with Gasteiger partial charge in [0, 0.05) is 12.6 Å². The molecule has 6 heteroatoms. The van der Waals surface area contributed by atoms with Crippen LogP contribution < -0.4 is 16.3 Å². The Bertz CT molecular complexity index is 243. The van der Waals surface area contributed by atoms with Gasteiger partial charge in [-0.15, -0.1) is 0 Å². The molecule has 0 radical (unpaired) electrons. The number of carbonyl (C=O) groups excluding carboxylic acids is 1. The standard InChI is InChI=1S/C13H27N3O3/c1-3-5-9-19-15-11-6-7-12(14-10-11)13(17)16-18-8-4-2/h11-12,14-15H,3-10H2,1-2H3,(H,16,17)/t11-,12+/m1/s1. The molecule has 3 N–H and O–H groups in total. The Morgan fingerprint density at radius 3 is 2.68 bits per heavy atom. The van der Waals surface area contributed by atoms with Gasteiger partial charge in [0.1, 0.15) is 0 Å². The van der Waals surface area contributed by atoms with Gasteiger partial charge in [0.25, 0.3) is 5.91 Å². The number of rotatable bonds is 9. The zero-order chi connectivity index (χ0) is 13.9. The number of carbonyl (C=O) groups is 1. The fourth-order valence-electron chi connectivity index (χ4n) is 1.87. The molecule has 1 aliphatic rings. The molecule has 0 bridgehead atoms. The van der Waals surface area contributed by atoms with Gasteiger partial charge >= 0.3 is 0 Å². The van der Waals surface area contributed by atoms with Gasteiger partial charge in [-0.05, 0) is 25.7 Å². The maximum absolute atomic E-state index is 11.7. The highest BCUT2D eigenvalue weighted by atomic mass is 16.7. The maximum Gasteiger partial charge on any atom is 0.260 e. The first-order valence-electron chi connectivity index (χ1n) is 7.30. The van der Waals surface area contributed by atoms with Crippen molar-refractivity contribution in [2.45, 2.75) is 58.0 Å². The summed E-state index contributed by atoms with van der Waals surface area (Å²) < 4.78 is 0. The Morgan fingerprint density at radius 2 is 2.05 bits per heavy atom. The lowest BCUT2D eigenvalue weighted by molar-refractivity contribution is -0.136. The fraction of sp³-hybridized carbons (Fsp3) is 0.923. The smallest absolute Gasteiger partial charge is 0.260 e. The van der Waals surface area contributed by atoms with E-state index >= 15 is 0 Å². The van der Waals surface area contributed by atoms with E-state index in [1.807, 2.05) is 6.92 Å². The number of nitrogens with one attached hydrogen (secondary N) is 3. The molecule has 0 aromatic rings. The minimum Gasteiger partial charge on any atom is -0.304 e. The fourth-order valence-corrected chi connectivity index (χ4v) is 1.87. The Hall–Kier alpha value is -0.690. The molecule has 0 aromatic carbocycles. The molecule has 6 nitrogen and oxygen atoms in total. The van der Waals surface area contributed by atoms with Crippen LogP contribution in [-0.4, -0.2) is 37.7 Å². The predicted octanol–water partition coefficient (Wildman–Crippen LogP) is 0.886. The number of hydroxylamine groups is 2. The van der Waals surface area contributed by atoms with Crippen LogP contribution in [0.15, 0.2) is 0 Å². The molecule has 0 aliphatic carbocycles. The van der Waals surface area contributed by atoms with Crippen LogP contribution in [0.1, 0.15) is 46.0 Å². The van der Waals surface area contributed by atoms with E-state index in [1.54, 1.807) is 0 Å². The first-order valence-corrected chi connectivity index (χ1v) is 7.30. The normalized spacial score (nSPS) is 23.3. The van der Waals surface area contributed by atoms with Gasteiger partial charge in [-0.3, -0.25) is 9.63 Å². The van der Waals surface area contributed by atoms with Gasteiger partial charge in [-0.2, -0.15) is 5.48 Å². The SMILES string of the molecule is CCCCON[C@@H]1CC[C@@H](C(=O)NOCCC)NC1. The van der Waals surface area contributed by atoms with Crippen molar-refractivity contribution in [2.75, 3.05) is 19.8 Å². The van der Waals surface area contributed by atoms with Crippen LogP contribution in [0.5, 0.6) is 0 Å². The Kier molecular flexibility index (Phi) is 8.73. The number of piperidine rings is 1. The van der Waals surface area contributed by atoms with Crippen LogP contribution in [0.4, 0.5) is 0 Å². The van der Waals surface area contributed by atoms with Crippen LogP contribution in [0.25, 0.3) is 0 Å². The summed E-state index contributed by atoms with van der Waals surface area (Å²) in [6.07, 6.45) is 4.79. The van der Waals surface area contributed by atoms with Crippen molar-refractivity contribution >= 4 is 5.91 Å². The molecule has 0 saturated carbocycles. The number of hydrogen-bond donors (Lipinski definition) is 3. The molecule has 0 spiro atoms.